The van der Waals surface area contributed by atoms with Crippen molar-refractivity contribution in [1.29, 1.82) is 0 Å². The zero-order chi connectivity index (χ0) is 15.5. The molecular formula is C17H27N3O2. The van der Waals surface area contributed by atoms with E-state index in [2.05, 4.69) is 21.4 Å². The summed E-state index contributed by atoms with van der Waals surface area (Å²) in [7, 11) is 1.73. The van der Waals surface area contributed by atoms with Gasteiger partial charge in [0.2, 0.25) is 5.91 Å². The number of aromatic nitrogens is 2. The molecule has 0 radical (unpaired) electrons. The van der Waals surface area contributed by atoms with Crippen molar-refractivity contribution in [2.45, 2.75) is 45.6 Å². The number of aryl methyl sites for hydroxylation is 1. The van der Waals surface area contributed by atoms with Gasteiger partial charge in [-0.25, -0.2) is 4.98 Å². The highest BCUT2D eigenvalue weighted by Gasteiger charge is 2.35. The Bertz CT molecular complexity index is 522. The van der Waals surface area contributed by atoms with Crippen LogP contribution in [0.15, 0.2) is 6.20 Å². The summed E-state index contributed by atoms with van der Waals surface area (Å²) in [5.74, 6) is 2.41. The Hall–Kier alpha value is -1.36. The lowest BCUT2D eigenvalue weighted by molar-refractivity contribution is -0.134. The molecule has 5 heteroatoms. The van der Waals surface area contributed by atoms with E-state index in [1.54, 1.807) is 7.11 Å². The molecule has 122 valence electrons. The molecule has 2 fully saturated rings. The third-order valence-electron chi connectivity index (χ3n) is 4.89. The molecule has 22 heavy (non-hydrogen) atoms. The number of carbonyl (C=O) groups excluding carboxylic acids is 1. The number of imidazole rings is 1. The van der Waals surface area contributed by atoms with Gasteiger partial charge < -0.3 is 14.2 Å². The van der Waals surface area contributed by atoms with E-state index < -0.39 is 0 Å². The van der Waals surface area contributed by atoms with Crippen LogP contribution >= 0.6 is 0 Å². The molecule has 1 aliphatic carbocycles. The first kappa shape index (κ1) is 15.5. The van der Waals surface area contributed by atoms with Crippen molar-refractivity contribution in [2.24, 2.45) is 11.8 Å². The van der Waals surface area contributed by atoms with E-state index in [1.165, 1.54) is 12.1 Å². The molecule has 5 nitrogen and oxygen atoms in total. The Balaban J connectivity index is 1.61. The van der Waals surface area contributed by atoms with Crippen molar-refractivity contribution in [2.75, 3.05) is 26.8 Å². The highest BCUT2D eigenvalue weighted by molar-refractivity contribution is 5.81. The van der Waals surface area contributed by atoms with Crippen molar-refractivity contribution >= 4 is 5.91 Å². The molecule has 1 unspecified atom stereocenters. The summed E-state index contributed by atoms with van der Waals surface area (Å²) < 4.78 is 7.45. The number of rotatable bonds is 6. The van der Waals surface area contributed by atoms with Crippen LogP contribution in [0.1, 0.15) is 37.2 Å². The van der Waals surface area contributed by atoms with Gasteiger partial charge in [-0.15, -0.1) is 0 Å². The van der Waals surface area contributed by atoms with E-state index in [-0.39, 0.29) is 0 Å². The van der Waals surface area contributed by atoms with Crippen LogP contribution in [0.3, 0.4) is 0 Å². The van der Waals surface area contributed by atoms with Gasteiger partial charge in [0, 0.05) is 51.0 Å². The topological polar surface area (TPSA) is 47.4 Å². The summed E-state index contributed by atoms with van der Waals surface area (Å²) in [5, 5.41) is 0. The van der Waals surface area contributed by atoms with Gasteiger partial charge in [0.05, 0.1) is 6.61 Å². The molecule has 3 rings (SSSR count). The van der Waals surface area contributed by atoms with E-state index in [1.807, 2.05) is 6.20 Å². The molecule has 1 amide bonds. The Morgan fingerprint density at radius 3 is 2.95 bits per heavy atom. The summed E-state index contributed by atoms with van der Waals surface area (Å²) in [4.78, 5) is 18.9. The lowest BCUT2D eigenvalue weighted by atomic mass is 9.94. The van der Waals surface area contributed by atoms with Crippen molar-refractivity contribution in [3.8, 4) is 0 Å². The van der Waals surface area contributed by atoms with E-state index in [4.69, 9.17) is 4.74 Å². The van der Waals surface area contributed by atoms with Gasteiger partial charge in [0.25, 0.3) is 0 Å². The smallest absolute Gasteiger partial charge is 0.225 e. The molecule has 1 aromatic rings. The number of amides is 1. The largest absolute Gasteiger partial charge is 0.383 e. The van der Waals surface area contributed by atoms with Gasteiger partial charge in [-0.3, -0.25) is 4.79 Å². The van der Waals surface area contributed by atoms with Gasteiger partial charge >= 0.3 is 0 Å². The minimum absolute atomic E-state index is 0.338. The minimum atomic E-state index is 0.338. The number of methoxy groups -OCH3 is 1. The van der Waals surface area contributed by atoms with E-state index >= 15 is 0 Å². The first-order valence-corrected chi connectivity index (χ1v) is 8.47. The van der Waals surface area contributed by atoms with E-state index in [0.717, 1.165) is 51.1 Å². The first-order chi connectivity index (χ1) is 10.7. The molecule has 1 saturated heterocycles. The molecule has 0 spiro atoms. The van der Waals surface area contributed by atoms with Crippen LogP contribution in [-0.4, -0.2) is 47.2 Å². The van der Waals surface area contributed by atoms with Gasteiger partial charge in [0.15, 0.2) is 0 Å². The summed E-state index contributed by atoms with van der Waals surface area (Å²) in [6, 6.07) is 0. The predicted octanol–water partition coefficient (Wildman–Crippen LogP) is 2.03. The van der Waals surface area contributed by atoms with Crippen LogP contribution in [0.2, 0.25) is 0 Å². The van der Waals surface area contributed by atoms with Crippen LogP contribution in [0.25, 0.3) is 0 Å². The Morgan fingerprint density at radius 1 is 1.41 bits per heavy atom. The highest BCUT2D eigenvalue weighted by Crippen LogP contribution is 2.33. The number of hydrogen-bond donors (Lipinski definition) is 0. The van der Waals surface area contributed by atoms with Crippen LogP contribution in [-0.2, 0) is 22.5 Å². The molecule has 2 aliphatic rings. The summed E-state index contributed by atoms with van der Waals surface area (Å²) in [5.41, 5.74) is 1.19. The number of ether oxygens (including phenoxy) is 1. The number of likely N-dealkylation sites (tertiary alicyclic amines) is 1. The number of hydrogen-bond acceptors (Lipinski definition) is 3. The first-order valence-electron chi connectivity index (χ1n) is 8.47. The molecule has 2 heterocycles. The summed E-state index contributed by atoms with van der Waals surface area (Å²) in [6.45, 7) is 5.51. The Labute approximate surface area is 132 Å². The fourth-order valence-electron chi connectivity index (χ4n) is 3.44. The molecule has 0 bridgehead atoms. The second-order valence-corrected chi connectivity index (χ2v) is 6.73. The number of nitrogens with zero attached hydrogens (tertiary/aromatic N) is 3. The maximum atomic E-state index is 12.3. The maximum absolute atomic E-state index is 12.3. The maximum Gasteiger partial charge on any atom is 0.225 e. The van der Waals surface area contributed by atoms with Crippen LogP contribution in [0.5, 0.6) is 0 Å². The van der Waals surface area contributed by atoms with Crippen molar-refractivity contribution in [3.05, 3.63) is 17.7 Å². The quantitative estimate of drug-likeness (QED) is 0.808. The lowest BCUT2D eigenvalue weighted by Gasteiger charge is -2.33. The Kier molecular flexibility index (Phi) is 4.81. The van der Waals surface area contributed by atoms with E-state index in [0.29, 0.717) is 24.3 Å². The minimum Gasteiger partial charge on any atom is -0.383 e. The third-order valence-corrected chi connectivity index (χ3v) is 4.89. The average Bonchev–Trinajstić information content (AvgIpc) is 3.32. The van der Waals surface area contributed by atoms with Gasteiger partial charge in [-0.2, -0.15) is 0 Å². The van der Waals surface area contributed by atoms with Crippen molar-refractivity contribution in [3.63, 3.8) is 0 Å². The summed E-state index contributed by atoms with van der Waals surface area (Å²) in [6.07, 6.45) is 7.43. The van der Waals surface area contributed by atoms with Gasteiger partial charge in [0.1, 0.15) is 5.82 Å². The van der Waals surface area contributed by atoms with Crippen molar-refractivity contribution < 1.29 is 9.53 Å². The standard InChI is InChI=1S/C17H27N3O2/c1-13-11-18-16(20(13)8-9-22-2)10-14-4-3-7-19(12-14)17(21)15-5-6-15/h11,14-15H,3-10,12H2,1-2H3. The molecule has 1 saturated carbocycles. The van der Waals surface area contributed by atoms with E-state index in [9.17, 15) is 4.79 Å². The zero-order valence-electron chi connectivity index (χ0n) is 13.8. The molecule has 0 aromatic carbocycles. The normalized spacial score (nSPS) is 22.1. The number of carbonyl (C=O) groups is 1. The van der Waals surface area contributed by atoms with Gasteiger partial charge in [-0.1, -0.05) is 0 Å². The Morgan fingerprint density at radius 2 is 2.23 bits per heavy atom. The molecule has 1 aliphatic heterocycles. The van der Waals surface area contributed by atoms with Crippen molar-refractivity contribution in [1.82, 2.24) is 14.5 Å². The third kappa shape index (κ3) is 3.51. The molecular weight excluding hydrogens is 278 g/mol. The monoisotopic (exact) mass is 305 g/mol. The molecule has 1 atom stereocenters. The fraction of sp³-hybridized carbons (Fsp3) is 0.765. The van der Waals surface area contributed by atoms with Crippen LogP contribution < -0.4 is 0 Å². The zero-order valence-corrected chi connectivity index (χ0v) is 13.8. The molecule has 0 N–H and O–H groups in total. The number of piperidine rings is 1. The lowest BCUT2D eigenvalue weighted by Crippen LogP contribution is -2.41. The summed E-state index contributed by atoms with van der Waals surface area (Å²) >= 11 is 0. The molecule has 1 aromatic heterocycles. The van der Waals surface area contributed by atoms with Crippen LogP contribution in [0.4, 0.5) is 0 Å². The second-order valence-electron chi connectivity index (χ2n) is 6.73. The van der Waals surface area contributed by atoms with Crippen LogP contribution in [0, 0.1) is 18.8 Å². The van der Waals surface area contributed by atoms with Gasteiger partial charge in [-0.05, 0) is 38.5 Å². The highest BCUT2D eigenvalue weighted by atomic mass is 16.5. The average molecular weight is 305 g/mol. The fourth-order valence-corrected chi connectivity index (χ4v) is 3.44. The second kappa shape index (κ2) is 6.82. The predicted molar refractivity (Wildman–Crippen MR) is 84.6 cm³/mol. The SMILES string of the molecule is COCCn1c(C)cnc1CC1CCCN(C(=O)C2CC2)C1.